The monoisotopic (exact) mass is 292 g/mol. The number of hydrogen-bond acceptors (Lipinski definition) is 4. The Morgan fingerprint density at radius 3 is 2.35 bits per heavy atom. The van der Waals surface area contributed by atoms with Gasteiger partial charge in [0, 0.05) is 0 Å². The van der Waals surface area contributed by atoms with Gasteiger partial charge in [0.05, 0.1) is 0 Å². The lowest BCUT2D eigenvalue weighted by Gasteiger charge is -2.35. The zero-order chi connectivity index (χ0) is 13.3. The average molecular weight is 292 g/mol. The highest BCUT2D eigenvalue weighted by molar-refractivity contribution is 7.93. The Hall–Kier alpha value is -0.173. The largest absolute Gasteiger partial charge is 0.403 e. The van der Waals surface area contributed by atoms with Crippen LogP contribution in [-0.2, 0) is 14.3 Å². The fourth-order valence-corrected chi connectivity index (χ4v) is 4.92. The lowest BCUT2D eigenvalue weighted by Crippen LogP contribution is -2.42. The summed E-state index contributed by atoms with van der Waals surface area (Å²) in [6.07, 6.45) is 0. The molecule has 0 aliphatic heterocycles. The smallest absolute Gasteiger partial charge is 0.210 e. The van der Waals surface area contributed by atoms with Gasteiger partial charge in [-0.05, 0) is 29.6 Å². The standard InChI is InChI=1S/C11H20O3S2Si/c1-11(2,3)17(4,5)14-9-16(12,13)10-7-6-8-15-10/h6-8H,9H2,1-5H3. The Morgan fingerprint density at radius 1 is 1.35 bits per heavy atom. The second-order valence-corrected chi connectivity index (χ2v) is 13.5. The average Bonchev–Trinajstić information content (AvgIpc) is 2.66. The van der Waals surface area contributed by atoms with Crippen LogP contribution in [0.2, 0.25) is 18.1 Å². The van der Waals surface area contributed by atoms with Crippen molar-refractivity contribution >= 4 is 29.5 Å². The molecular formula is C11H20O3S2Si. The van der Waals surface area contributed by atoms with Crippen molar-refractivity contribution in [3.8, 4) is 0 Å². The third kappa shape index (κ3) is 3.64. The highest BCUT2D eigenvalue weighted by Crippen LogP contribution is 2.37. The Labute approximate surface area is 109 Å². The molecule has 0 N–H and O–H groups in total. The maximum Gasteiger partial charge on any atom is 0.210 e. The molecule has 17 heavy (non-hydrogen) atoms. The molecule has 1 heterocycles. The molecule has 98 valence electrons. The zero-order valence-corrected chi connectivity index (χ0v) is 13.6. The molecule has 0 spiro atoms. The van der Waals surface area contributed by atoms with Crippen molar-refractivity contribution in [1.82, 2.24) is 0 Å². The number of rotatable bonds is 4. The van der Waals surface area contributed by atoms with Crippen LogP contribution in [0.5, 0.6) is 0 Å². The third-order valence-electron chi connectivity index (χ3n) is 3.18. The first kappa shape index (κ1) is 14.9. The van der Waals surface area contributed by atoms with Gasteiger partial charge in [-0.3, -0.25) is 0 Å². The van der Waals surface area contributed by atoms with Crippen molar-refractivity contribution in [2.45, 2.75) is 43.1 Å². The van der Waals surface area contributed by atoms with Crippen molar-refractivity contribution in [2.75, 3.05) is 5.94 Å². The van der Waals surface area contributed by atoms with Crippen molar-refractivity contribution in [3.63, 3.8) is 0 Å². The SMILES string of the molecule is CC(C)(C)[Si](C)(C)OCS(=O)(=O)c1cccs1. The fourth-order valence-electron chi connectivity index (χ4n) is 0.940. The van der Waals surface area contributed by atoms with E-state index in [1.807, 2.05) is 0 Å². The summed E-state index contributed by atoms with van der Waals surface area (Å²) >= 11 is 1.24. The summed E-state index contributed by atoms with van der Waals surface area (Å²) < 4.78 is 30.1. The molecule has 6 heteroatoms. The number of thiophene rings is 1. The molecule has 0 aliphatic carbocycles. The fraction of sp³-hybridized carbons (Fsp3) is 0.636. The highest BCUT2D eigenvalue weighted by Gasteiger charge is 2.38. The molecule has 1 aromatic heterocycles. The van der Waals surface area contributed by atoms with E-state index in [0.717, 1.165) is 0 Å². The Kier molecular flexibility index (Phi) is 4.23. The van der Waals surface area contributed by atoms with Crippen LogP contribution in [-0.4, -0.2) is 22.7 Å². The molecule has 0 aromatic carbocycles. The second kappa shape index (κ2) is 4.83. The lowest BCUT2D eigenvalue weighted by atomic mass is 10.2. The van der Waals surface area contributed by atoms with Crippen LogP contribution in [0.4, 0.5) is 0 Å². The Bertz CT molecular complexity index is 455. The molecule has 1 rings (SSSR count). The van der Waals surface area contributed by atoms with E-state index in [4.69, 9.17) is 4.43 Å². The van der Waals surface area contributed by atoms with Crippen molar-refractivity contribution < 1.29 is 12.8 Å². The van der Waals surface area contributed by atoms with E-state index in [-0.39, 0.29) is 11.0 Å². The van der Waals surface area contributed by atoms with E-state index in [2.05, 4.69) is 33.9 Å². The molecule has 0 saturated heterocycles. The molecule has 0 saturated carbocycles. The summed E-state index contributed by atoms with van der Waals surface area (Å²) in [6, 6.07) is 3.36. The van der Waals surface area contributed by atoms with Gasteiger partial charge in [-0.15, -0.1) is 11.3 Å². The Balaban J connectivity index is 2.76. The molecule has 0 atom stereocenters. The van der Waals surface area contributed by atoms with E-state index < -0.39 is 18.2 Å². The minimum atomic E-state index is -3.28. The van der Waals surface area contributed by atoms with Gasteiger partial charge < -0.3 is 4.43 Å². The summed E-state index contributed by atoms with van der Waals surface area (Å²) in [5.74, 6) is -0.204. The maximum absolute atomic E-state index is 12.0. The van der Waals surface area contributed by atoms with Gasteiger partial charge in [-0.1, -0.05) is 26.8 Å². The van der Waals surface area contributed by atoms with Gasteiger partial charge in [0.15, 0.2) is 8.32 Å². The maximum atomic E-state index is 12.0. The van der Waals surface area contributed by atoms with Crippen LogP contribution < -0.4 is 0 Å². The first-order chi connectivity index (χ1) is 7.56. The summed E-state index contributed by atoms with van der Waals surface area (Å²) in [6.45, 7) is 10.4. The van der Waals surface area contributed by atoms with Gasteiger partial charge in [0.25, 0.3) is 0 Å². The lowest BCUT2D eigenvalue weighted by molar-refractivity contribution is 0.342. The van der Waals surface area contributed by atoms with Gasteiger partial charge in [0.2, 0.25) is 9.84 Å². The molecule has 0 unspecified atom stereocenters. The Morgan fingerprint density at radius 2 is 1.94 bits per heavy atom. The van der Waals surface area contributed by atoms with Crippen LogP contribution >= 0.6 is 11.3 Å². The summed E-state index contributed by atoms with van der Waals surface area (Å²) in [5, 5.41) is 1.79. The van der Waals surface area contributed by atoms with Gasteiger partial charge >= 0.3 is 0 Å². The van der Waals surface area contributed by atoms with E-state index in [9.17, 15) is 8.42 Å². The number of hydrogen-bond donors (Lipinski definition) is 0. The third-order valence-corrected chi connectivity index (χ3v) is 10.8. The quantitative estimate of drug-likeness (QED) is 0.798. The van der Waals surface area contributed by atoms with E-state index in [1.165, 1.54) is 11.3 Å². The molecule has 0 amide bonds. The van der Waals surface area contributed by atoms with Crippen LogP contribution in [0, 0.1) is 0 Å². The molecule has 3 nitrogen and oxygen atoms in total. The van der Waals surface area contributed by atoms with Crippen molar-refractivity contribution in [3.05, 3.63) is 17.5 Å². The first-order valence-corrected chi connectivity index (χ1v) is 10.9. The zero-order valence-electron chi connectivity index (χ0n) is 11.0. The predicted octanol–water partition coefficient (Wildman–Crippen LogP) is 3.50. The van der Waals surface area contributed by atoms with Gasteiger partial charge in [0.1, 0.15) is 10.1 Å². The topological polar surface area (TPSA) is 43.4 Å². The van der Waals surface area contributed by atoms with Crippen molar-refractivity contribution in [1.29, 1.82) is 0 Å². The van der Waals surface area contributed by atoms with Crippen LogP contribution in [0.15, 0.2) is 21.7 Å². The highest BCUT2D eigenvalue weighted by atomic mass is 32.2. The van der Waals surface area contributed by atoms with Crippen LogP contribution in [0.3, 0.4) is 0 Å². The molecule has 0 fully saturated rings. The minimum absolute atomic E-state index is 0.0258. The molecule has 0 aliphatic rings. The van der Waals surface area contributed by atoms with Gasteiger partial charge in [-0.2, -0.15) is 0 Å². The van der Waals surface area contributed by atoms with E-state index in [0.29, 0.717) is 4.21 Å². The normalized spacial score (nSPS) is 13.9. The summed E-state index contributed by atoms with van der Waals surface area (Å²) in [5.41, 5.74) is 0. The molecule has 1 aromatic rings. The summed E-state index contributed by atoms with van der Waals surface area (Å²) in [4.78, 5) is 0. The van der Waals surface area contributed by atoms with Gasteiger partial charge in [-0.25, -0.2) is 8.42 Å². The first-order valence-electron chi connectivity index (χ1n) is 5.46. The molecular weight excluding hydrogens is 272 g/mol. The molecule has 0 bridgehead atoms. The molecule has 0 radical (unpaired) electrons. The minimum Gasteiger partial charge on any atom is -0.403 e. The van der Waals surface area contributed by atoms with E-state index in [1.54, 1.807) is 17.5 Å². The van der Waals surface area contributed by atoms with Crippen molar-refractivity contribution in [2.24, 2.45) is 0 Å². The van der Waals surface area contributed by atoms with Crippen LogP contribution in [0.25, 0.3) is 0 Å². The predicted molar refractivity (Wildman–Crippen MR) is 74.7 cm³/mol. The summed E-state index contributed by atoms with van der Waals surface area (Å²) in [7, 11) is -5.28. The second-order valence-electron chi connectivity index (χ2n) is 5.57. The number of sulfone groups is 1. The van der Waals surface area contributed by atoms with E-state index >= 15 is 0 Å². The van der Waals surface area contributed by atoms with Crippen LogP contribution in [0.1, 0.15) is 20.8 Å².